The average Bonchev–Trinajstić information content (AvgIpc) is 3.17. The van der Waals surface area contributed by atoms with E-state index in [0.29, 0.717) is 18.2 Å². The zero-order valence-corrected chi connectivity index (χ0v) is 33.3. The molecule has 0 radical (unpaired) electrons. The third-order valence-corrected chi connectivity index (χ3v) is 8.51. The predicted octanol–water partition coefficient (Wildman–Crippen LogP) is 12.6. The van der Waals surface area contributed by atoms with Gasteiger partial charge in [-0.2, -0.15) is 35.1 Å². The summed E-state index contributed by atoms with van der Waals surface area (Å²) in [5, 5.41) is 5.26. The maximum absolute atomic E-state index is 14.3. The van der Waals surface area contributed by atoms with Crippen molar-refractivity contribution in [2.24, 2.45) is 0 Å². The molecule has 5 aromatic rings. The first kappa shape index (κ1) is 51.1. The standard InChI is InChI=1S/C21H11ClF6N2O3.C17H8Cl2F8N2O3/c22-12-8-10(21(26,27)28)4-7-17(12)33-11-5-6-16(15(25)9-11)29-20(32)30-19(31)18-13(23)2-1-3-14(18)24;18-6-5-11(32-17(26,27)14(22)16(23,24)25)7(19)4-10(6)28-15(31)29-13(30)12-8(20)2-1-3-9(12)21/h1-9H,(H2,29,30,31,32);1-5,14H,(H2,28,29,30,31). The van der Waals surface area contributed by atoms with E-state index in [0.717, 1.165) is 66.7 Å². The molecule has 0 spiro atoms. The summed E-state index contributed by atoms with van der Waals surface area (Å²) >= 11 is 17.1. The number of urea groups is 2. The van der Waals surface area contributed by atoms with Crippen molar-refractivity contribution in [1.82, 2.24) is 10.6 Å². The van der Waals surface area contributed by atoms with Crippen LogP contribution in [0.3, 0.4) is 0 Å². The first-order valence-electron chi connectivity index (χ1n) is 16.8. The molecule has 1 unspecified atom stereocenters. The monoisotopic (exact) mass is 998 g/mol. The van der Waals surface area contributed by atoms with Gasteiger partial charge in [0.1, 0.15) is 57.5 Å². The number of nitrogens with one attached hydrogen (secondary N) is 4. The molecule has 0 aliphatic rings. The highest BCUT2D eigenvalue weighted by Gasteiger charge is 2.59. The Balaban J connectivity index is 0.000000285. The molecule has 0 saturated heterocycles. The number of benzene rings is 5. The molecule has 6 amide bonds. The van der Waals surface area contributed by atoms with Crippen molar-refractivity contribution in [2.45, 2.75) is 24.6 Å². The first-order valence-corrected chi connectivity index (χ1v) is 18.0. The van der Waals surface area contributed by atoms with Gasteiger partial charge in [0.2, 0.25) is 0 Å². The van der Waals surface area contributed by atoms with Gasteiger partial charge in [0.15, 0.2) is 0 Å². The van der Waals surface area contributed by atoms with Gasteiger partial charge in [-0.15, -0.1) is 0 Å². The van der Waals surface area contributed by atoms with Crippen LogP contribution in [0.4, 0.5) is 82.4 Å². The number of anilines is 2. The van der Waals surface area contributed by atoms with E-state index < -0.39 is 121 Å². The molecular formula is C38H19Cl3F14N4O6. The Morgan fingerprint density at radius 3 is 1.46 bits per heavy atom. The smallest absolute Gasteiger partial charge is 0.439 e. The summed E-state index contributed by atoms with van der Waals surface area (Å²) in [4.78, 5) is 47.5. The third-order valence-electron chi connectivity index (χ3n) is 7.61. The maximum atomic E-state index is 14.3. The van der Waals surface area contributed by atoms with Crippen LogP contribution in [0.25, 0.3) is 0 Å². The molecule has 5 rings (SSSR count). The zero-order valence-electron chi connectivity index (χ0n) is 31.0. The molecule has 0 saturated carbocycles. The molecular weight excluding hydrogens is 981 g/mol. The highest BCUT2D eigenvalue weighted by Crippen LogP contribution is 2.41. The summed E-state index contributed by atoms with van der Waals surface area (Å²) < 4.78 is 192. The van der Waals surface area contributed by atoms with Crippen molar-refractivity contribution >= 4 is 70.1 Å². The number of halogens is 17. The van der Waals surface area contributed by atoms with Crippen molar-refractivity contribution in [3.8, 4) is 17.2 Å². The fourth-order valence-corrected chi connectivity index (χ4v) is 5.33. The van der Waals surface area contributed by atoms with Gasteiger partial charge in [0, 0.05) is 12.1 Å². The summed E-state index contributed by atoms with van der Waals surface area (Å²) in [6, 6.07) is 8.83. The van der Waals surface area contributed by atoms with E-state index in [4.69, 9.17) is 39.5 Å². The van der Waals surface area contributed by atoms with Crippen LogP contribution in [-0.4, -0.2) is 42.3 Å². The average molecular weight is 1000 g/mol. The lowest BCUT2D eigenvalue weighted by Crippen LogP contribution is -2.45. The quantitative estimate of drug-likeness (QED) is 0.109. The summed E-state index contributed by atoms with van der Waals surface area (Å²) in [5.41, 5.74) is -3.98. The molecule has 0 heterocycles. The number of carbonyl (C=O) groups excluding carboxylic acids is 4. The molecule has 346 valence electrons. The van der Waals surface area contributed by atoms with E-state index in [1.807, 2.05) is 10.6 Å². The first-order chi connectivity index (χ1) is 30.1. The van der Waals surface area contributed by atoms with Crippen LogP contribution in [0.2, 0.25) is 15.1 Å². The molecule has 0 fully saturated rings. The summed E-state index contributed by atoms with van der Waals surface area (Å²) in [6.07, 6.45) is -20.6. The van der Waals surface area contributed by atoms with Gasteiger partial charge in [-0.25, -0.2) is 35.9 Å². The van der Waals surface area contributed by atoms with E-state index in [2.05, 4.69) is 4.74 Å². The Morgan fingerprint density at radius 1 is 0.538 bits per heavy atom. The summed E-state index contributed by atoms with van der Waals surface area (Å²) in [6.45, 7) is 0. The van der Waals surface area contributed by atoms with Crippen molar-refractivity contribution in [3.63, 3.8) is 0 Å². The number of imide groups is 2. The number of hydrogen-bond acceptors (Lipinski definition) is 6. The molecule has 0 bridgehead atoms. The van der Waals surface area contributed by atoms with Crippen molar-refractivity contribution in [1.29, 1.82) is 0 Å². The summed E-state index contributed by atoms with van der Waals surface area (Å²) in [5.74, 6) is -10.4. The molecule has 27 heteroatoms. The van der Waals surface area contributed by atoms with Crippen molar-refractivity contribution in [3.05, 3.63) is 146 Å². The van der Waals surface area contributed by atoms with Gasteiger partial charge in [-0.3, -0.25) is 20.2 Å². The highest BCUT2D eigenvalue weighted by atomic mass is 35.5. The van der Waals surface area contributed by atoms with Crippen LogP contribution < -0.4 is 30.7 Å². The van der Waals surface area contributed by atoms with Gasteiger partial charge in [0.25, 0.3) is 18.0 Å². The van der Waals surface area contributed by atoms with Crippen LogP contribution in [0.15, 0.2) is 84.9 Å². The van der Waals surface area contributed by atoms with E-state index in [1.54, 1.807) is 10.6 Å². The highest BCUT2D eigenvalue weighted by molar-refractivity contribution is 6.36. The Morgan fingerprint density at radius 2 is 1.02 bits per heavy atom. The van der Waals surface area contributed by atoms with Gasteiger partial charge >= 0.3 is 30.5 Å². The molecule has 4 N–H and O–H groups in total. The molecule has 0 aliphatic heterocycles. The third kappa shape index (κ3) is 13.5. The fourth-order valence-electron chi connectivity index (χ4n) is 4.71. The second-order valence-electron chi connectivity index (χ2n) is 12.2. The lowest BCUT2D eigenvalue weighted by atomic mass is 10.2. The topological polar surface area (TPSA) is 135 Å². The number of rotatable bonds is 9. The van der Waals surface area contributed by atoms with Gasteiger partial charge < -0.3 is 20.1 Å². The van der Waals surface area contributed by atoms with Crippen LogP contribution in [0.1, 0.15) is 26.3 Å². The minimum Gasteiger partial charge on any atom is -0.456 e. The minimum absolute atomic E-state index is 0.162. The SMILES string of the molecule is O=C(NC(=O)c1c(F)cccc1F)Nc1cc(Cl)c(OC(F)(F)C(F)C(F)(F)F)cc1Cl.O=C(NC(=O)c1c(F)cccc1F)Nc1ccc(Oc2ccc(C(F)(F)F)cc2Cl)cc1F. The summed E-state index contributed by atoms with van der Waals surface area (Å²) in [7, 11) is 0. The fraction of sp³-hybridized carbons (Fsp3) is 0.105. The number of alkyl halides is 9. The normalized spacial score (nSPS) is 12.0. The second kappa shape index (κ2) is 20.5. The molecule has 65 heavy (non-hydrogen) atoms. The molecule has 10 nitrogen and oxygen atoms in total. The Labute approximate surface area is 368 Å². The molecule has 0 aliphatic carbocycles. The van der Waals surface area contributed by atoms with E-state index >= 15 is 0 Å². The lowest BCUT2D eigenvalue weighted by molar-refractivity contribution is -0.304. The van der Waals surface area contributed by atoms with Crippen LogP contribution in [0.5, 0.6) is 17.2 Å². The molecule has 1 atom stereocenters. The minimum atomic E-state index is -5.94. The number of ether oxygens (including phenoxy) is 2. The van der Waals surface area contributed by atoms with Crippen molar-refractivity contribution in [2.75, 3.05) is 10.6 Å². The largest absolute Gasteiger partial charge is 0.456 e. The lowest BCUT2D eigenvalue weighted by Gasteiger charge is -2.24. The Bertz CT molecular complexity index is 2600. The van der Waals surface area contributed by atoms with Crippen LogP contribution in [0, 0.1) is 29.1 Å². The maximum Gasteiger partial charge on any atom is 0.439 e. The van der Waals surface area contributed by atoms with Gasteiger partial charge in [-0.05, 0) is 60.7 Å². The molecule has 0 aromatic heterocycles. The number of amides is 6. The van der Waals surface area contributed by atoms with Crippen molar-refractivity contribution < 1.29 is 90.1 Å². The molecule has 5 aromatic carbocycles. The van der Waals surface area contributed by atoms with Crippen LogP contribution in [-0.2, 0) is 6.18 Å². The Kier molecular flexibility index (Phi) is 16.1. The number of carbonyl (C=O) groups is 4. The van der Waals surface area contributed by atoms with Gasteiger partial charge in [-0.1, -0.05) is 46.9 Å². The second-order valence-corrected chi connectivity index (χ2v) is 13.4. The van der Waals surface area contributed by atoms with E-state index in [9.17, 15) is 80.6 Å². The predicted molar refractivity (Wildman–Crippen MR) is 202 cm³/mol. The Hall–Kier alpha value is -6.53. The van der Waals surface area contributed by atoms with Gasteiger partial charge in [0.05, 0.1) is 32.0 Å². The number of hydrogen-bond donors (Lipinski definition) is 4. The van der Waals surface area contributed by atoms with E-state index in [1.165, 1.54) is 0 Å². The van der Waals surface area contributed by atoms with Crippen LogP contribution >= 0.6 is 34.8 Å². The van der Waals surface area contributed by atoms with E-state index in [-0.39, 0.29) is 16.5 Å². The zero-order chi connectivity index (χ0) is 48.8.